The zero-order valence-electron chi connectivity index (χ0n) is 21.4. The molecule has 7 nitrogen and oxygen atoms in total. The third kappa shape index (κ3) is 5.34. The first-order chi connectivity index (χ1) is 18.5. The van der Waals surface area contributed by atoms with Gasteiger partial charge in [-0.1, -0.05) is 35.9 Å². The number of anilines is 1. The van der Waals surface area contributed by atoms with Gasteiger partial charge in [0.15, 0.2) is 0 Å². The number of benzene rings is 2. The Balaban J connectivity index is 1.11. The number of piperazine rings is 1. The van der Waals surface area contributed by atoms with E-state index in [0.29, 0.717) is 22.5 Å². The molecule has 9 heteroatoms. The molecule has 0 bridgehead atoms. The number of hydrogen-bond acceptors (Lipinski definition) is 6. The molecule has 0 radical (unpaired) electrons. The summed E-state index contributed by atoms with van der Waals surface area (Å²) in [6.07, 6.45) is 1.38. The summed E-state index contributed by atoms with van der Waals surface area (Å²) in [4.78, 5) is 14.5. The lowest BCUT2D eigenvalue weighted by molar-refractivity contribution is -0.0592. The summed E-state index contributed by atoms with van der Waals surface area (Å²) in [6, 6.07) is 19.0. The van der Waals surface area contributed by atoms with E-state index in [0.717, 1.165) is 62.9 Å². The number of fused-ring (bicyclic) bond motifs is 1. The highest BCUT2D eigenvalue weighted by molar-refractivity contribution is 6.30. The Labute approximate surface area is 226 Å². The molecule has 0 aliphatic carbocycles. The molecule has 0 N–H and O–H groups in total. The van der Waals surface area contributed by atoms with Crippen LogP contribution in [0.2, 0.25) is 5.02 Å². The predicted molar refractivity (Wildman–Crippen MR) is 146 cm³/mol. The lowest BCUT2D eigenvalue weighted by atomic mass is 10.1. The number of ether oxygens (including phenoxy) is 2. The highest BCUT2D eigenvalue weighted by Gasteiger charge is 2.28. The van der Waals surface area contributed by atoms with Gasteiger partial charge in [0, 0.05) is 48.9 Å². The van der Waals surface area contributed by atoms with Crippen molar-refractivity contribution >= 4 is 28.5 Å². The summed E-state index contributed by atoms with van der Waals surface area (Å²) >= 11 is 5.85. The van der Waals surface area contributed by atoms with Crippen LogP contribution in [-0.2, 0) is 24.4 Å². The van der Waals surface area contributed by atoms with Crippen molar-refractivity contribution in [2.45, 2.75) is 45.2 Å². The van der Waals surface area contributed by atoms with Crippen LogP contribution in [0.5, 0.6) is 5.88 Å². The van der Waals surface area contributed by atoms with E-state index in [4.69, 9.17) is 31.0 Å². The van der Waals surface area contributed by atoms with Crippen molar-refractivity contribution < 1.29 is 13.9 Å². The first-order valence-corrected chi connectivity index (χ1v) is 13.5. The van der Waals surface area contributed by atoms with Gasteiger partial charge in [0.2, 0.25) is 5.88 Å². The summed E-state index contributed by atoms with van der Waals surface area (Å²) in [6.45, 7) is 7.42. The average molecular weight is 536 g/mol. The van der Waals surface area contributed by atoms with Crippen LogP contribution < -0.4 is 9.64 Å². The molecule has 4 aromatic rings. The van der Waals surface area contributed by atoms with Crippen LogP contribution in [0.4, 0.5) is 10.2 Å². The first kappa shape index (κ1) is 25.1. The second-order valence-corrected chi connectivity index (χ2v) is 10.5. The standard InChI is InChI=1S/C29H31ClFN5O2/c1-20-16-35(27-7-4-8-29(33-27)38-19-21-9-10-22(30)15-24(21)31)13-12-34(20)18-28-32-25-5-2-3-6-26(25)36(28)17-23-11-14-37-23/h2-10,15,20,23H,11-14,16-19H2,1H3/t20-,23-/m0/s1. The molecular formula is C29H31ClFN5O2. The second-order valence-electron chi connectivity index (χ2n) is 10.0. The Hall–Kier alpha value is -3.20. The Morgan fingerprint density at radius 1 is 1.08 bits per heavy atom. The Morgan fingerprint density at radius 2 is 1.95 bits per heavy atom. The van der Waals surface area contributed by atoms with Crippen molar-refractivity contribution in [3.05, 3.63) is 82.9 Å². The van der Waals surface area contributed by atoms with Crippen molar-refractivity contribution in [1.29, 1.82) is 0 Å². The molecule has 0 saturated carbocycles. The first-order valence-electron chi connectivity index (χ1n) is 13.1. The number of nitrogens with zero attached hydrogens (tertiary/aromatic N) is 5. The van der Waals surface area contributed by atoms with Gasteiger partial charge in [0.25, 0.3) is 0 Å². The summed E-state index contributed by atoms with van der Waals surface area (Å²) in [5.41, 5.74) is 2.65. The smallest absolute Gasteiger partial charge is 0.215 e. The van der Waals surface area contributed by atoms with E-state index in [-0.39, 0.29) is 18.5 Å². The van der Waals surface area contributed by atoms with Crippen molar-refractivity contribution in [3.63, 3.8) is 0 Å². The normalized spacial score (nSPS) is 20.0. The molecule has 198 valence electrons. The summed E-state index contributed by atoms with van der Waals surface area (Å²) in [5, 5.41) is 0.365. The average Bonchev–Trinajstić information content (AvgIpc) is 3.24. The maximum atomic E-state index is 14.1. The number of imidazole rings is 1. The molecule has 2 atom stereocenters. The number of halogens is 2. The number of hydrogen-bond donors (Lipinski definition) is 0. The fourth-order valence-electron chi connectivity index (χ4n) is 5.15. The Kier molecular flexibility index (Phi) is 7.19. The summed E-state index contributed by atoms with van der Waals surface area (Å²) in [7, 11) is 0. The van der Waals surface area contributed by atoms with Crippen molar-refractivity contribution in [2.75, 3.05) is 31.1 Å². The third-order valence-electron chi connectivity index (χ3n) is 7.45. The van der Waals surface area contributed by atoms with E-state index in [1.165, 1.54) is 11.6 Å². The molecular weight excluding hydrogens is 505 g/mol. The van der Waals surface area contributed by atoms with Crippen LogP contribution in [0.15, 0.2) is 60.7 Å². The zero-order valence-corrected chi connectivity index (χ0v) is 22.1. The van der Waals surface area contributed by atoms with Gasteiger partial charge in [-0.2, -0.15) is 4.98 Å². The van der Waals surface area contributed by atoms with Crippen molar-refractivity contribution in [3.8, 4) is 5.88 Å². The van der Waals surface area contributed by atoms with E-state index in [9.17, 15) is 4.39 Å². The number of rotatable bonds is 8. The number of pyridine rings is 1. The molecule has 2 aliphatic rings. The largest absolute Gasteiger partial charge is 0.473 e. The molecule has 38 heavy (non-hydrogen) atoms. The summed E-state index contributed by atoms with van der Waals surface area (Å²) in [5.74, 6) is 2.04. The Morgan fingerprint density at radius 3 is 2.74 bits per heavy atom. The van der Waals surface area contributed by atoms with Gasteiger partial charge in [-0.25, -0.2) is 9.37 Å². The van der Waals surface area contributed by atoms with Gasteiger partial charge < -0.3 is 18.9 Å². The molecule has 4 heterocycles. The molecule has 2 saturated heterocycles. The molecule has 2 aromatic heterocycles. The highest BCUT2D eigenvalue weighted by atomic mass is 35.5. The van der Waals surface area contributed by atoms with Crippen LogP contribution in [0.1, 0.15) is 24.7 Å². The van der Waals surface area contributed by atoms with Gasteiger partial charge in [0.1, 0.15) is 24.1 Å². The fraction of sp³-hybridized carbons (Fsp3) is 0.379. The molecule has 2 aromatic carbocycles. The van der Waals surface area contributed by atoms with Crippen LogP contribution in [-0.4, -0.2) is 57.8 Å². The van der Waals surface area contributed by atoms with Crippen LogP contribution in [0.25, 0.3) is 11.0 Å². The van der Waals surface area contributed by atoms with Gasteiger partial charge in [-0.15, -0.1) is 0 Å². The number of para-hydroxylation sites is 2. The Bertz CT molecular complexity index is 1430. The molecule has 6 rings (SSSR count). The second kappa shape index (κ2) is 10.9. The molecule has 0 amide bonds. The molecule has 0 spiro atoms. The SMILES string of the molecule is C[C@H]1CN(c2cccc(OCc3ccc(Cl)cc3F)n2)CCN1Cc1nc2ccccc2n1C[C@@H]1CCO1. The van der Waals surface area contributed by atoms with Gasteiger partial charge >= 0.3 is 0 Å². The van der Waals surface area contributed by atoms with Gasteiger partial charge in [-0.05, 0) is 43.7 Å². The van der Waals surface area contributed by atoms with Crippen LogP contribution in [0, 0.1) is 5.82 Å². The lowest BCUT2D eigenvalue weighted by Gasteiger charge is -2.40. The highest BCUT2D eigenvalue weighted by Crippen LogP contribution is 2.25. The minimum absolute atomic E-state index is 0.0938. The summed E-state index contributed by atoms with van der Waals surface area (Å²) < 4.78 is 28.0. The van der Waals surface area contributed by atoms with Crippen LogP contribution in [0.3, 0.4) is 0 Å². The topological polar surface area (TPSA) is 55.7 Å². The maximum Gasteiger partial charge on any atom is 0.215 e. The maximum absolute atomic E-state index is 14.1. The third-order valence-corrected chi connectivity index (χ3v) is 7.68. The molecule has 0 unspecified atom stereocenters. The molecule has 2 aliphatic heterocycles. The van der Waals surface area contributed by atoms with Crippen LogP contribution >= 0.6 is 11.6 Å². The molecule has 2 fully saturated rings. The monoisotopic (exact) mass is 535 g/mol. The fourth-order valence-corrected chi connectivity index (χ4v) is 5.31. The van der Waals surface area contributed by atoms with E-state index in [1.54, 1.807) is 18.2 Å². The van der Waals surface area contributed by atoms with E-state index >= 15 is 0 Å². The van der Waals surface area contributed by atoms with Crippen molar-refractivity contribution in [1.82, 2.24) is 19.4 Å². The van der Waals surface area contributed by atoms with Crippen molar-refractivity contribution in [2.24, 2.45) is 0 Å². The predicted octanol–water partition coefficient (Wildman–Crippen LogP) is 5.30. The van der Waals surface area contributed by atoms with E-state index in [2.05, 4.69) is 39.5 Å². The minimum Gasteiger partial charge on any atom is -0.473 e. The quantitative estimate of drug-likeness (QED) is 0.305. The van der Waals surface area contributed by atoms with E-state index in [1.807, 2.05) is 18.2 Å². The zero-order chi connectivity index (χ0) is 26.1. The van der Waals surface area contributed by atoms with Gasteiger partial charge in [0.05, 0.1) is 30.2 Å². The number of aromatic nitrogens is 3. The van der Waals surface area contributed by atoms with Gasteiger partial charge in [-0.3, -0.25) is 4.90 Å². The minimum atomic E-state index is -0.382. The van der Waals surface area contributed by atoms with E-state index < -0.39 is 0 Å². The lowest BCUT2D eigenvalue weighted by Crippen LogP contribution is -2.52.